The molecule has 11 heavy (non-hydrogen) atoms. The van der Waals surface area contributed by atoms with Crippen LogP contribution in [-0.2, 0) is 0 Å². The molecule has 66 valence electrons. The molecule has 0 amide bonds. The van der Waals surface area contributed by atoms with Crippen LogP contribution in [0.2, 0.25) is 13.1 Å². The van der Waals surface area contributed by atoms with Crippen molar-refractivity contribution in [1.82, 2.24) is 5.01 Å². The van der Waals surface area contributed by atoms with Crippen molar-refractivity contribution in [2.75, 3.05) is 14.1 Å². The maximum atomic E-state index is 9.73. The van der Waals surface area contributed by atoms with Gasteiger partial charge in [-0.2, -0.15) is 5.10 Å². The van der Waals surface area contributed by atoms with E-state index in [-0.39, 0.29) is 0 Å². The van der Waals surface area contributed by atoms with Crippen molar-refractivity contribution in [3.63, 3.8) is 0 Å². The van der Waals surface area contributed by atoms with E-state index in [1.807, 2.05) is 21.0 Å². The Balaban J connectivity index is 4.11. The van der Waals surface area contributed by atoms with Gasteiger partial charge < -0.3 is 10.1 Å². The van der Waals surface area contributed by atoms with Crippen LogP contribution in [0.25, 0.3) is 0 Å². The predicted molar refractivity (Wildman–Crippen MR) is 51.7 cm³/mol. The van der Waals surface area contributed by atoms with Gasteiger partial charge in [0.15, 0.2) is 0 Å². The zero-order valence-electron chi connectivity index (χ0n) is 8.00. The molecule has 0 aromatic rings. The smallest absolute Gasteiger partial charge is 0.0841 e. The summed E-state index contributed by atoms with van der Waals surface area (Å²) in [5, 5.41) is 14.8. The lowest BCUT2D eigenvalue weighted by Gasteiger charge is -2.21. The Morgan fingerprint density at radius 1 is 1.45 bits per heavy atom. The van der Waals surface area contributed by atoms with Crippen molar-refractivity contribution in [3.05, 3.63) is 0 Å². The molecule has 0 aromatic heterocycles. The minimum absolute atomic E-state index is 0.662. The highest BCUT2D eigenvalue weighted by atomic mass is 28.3. The molecule has 0 aliphatic carbocycles. The maximum Gasteiger partial charge on any atom is 0.0841 e. The van der Waals surface area contributed by atoms with E-state index in [9.17, 15) is 5.11 Å². The fraction of sp³-hybridized carbons (Fsp3) is 0.857. The average Bonchev–Trinajstić information content (AvgIpc) is 1.84. The van der Waals surface area contributed by atoms with Gasteiger partial charge in [0.25, 0.3) is 0 Å². The number of nitrogens with zero attached hydrogens (tertiary/aromatic N) is 2. The zero-order valence-corrected chi connectivity index (χ0v) is 9.15. The highest BCUT2D eigenvalue weighted by molar-refractivity contribution is 6.62. The molecule has 1 unspecified atom stereocenters. The largest absolute Gasteiger partial charge is 0.388 e. The second-order valence-electron chi connectivity index (χ2n) is 3.47. The fourth-order valence-corrected chi connectivity index (χ4v) is 0.746. The molecule has 0 bridgehead atoms. The van der Waals surface area contributed by atoms with Crippen molar-refractivity contribution < 1.29 is 5.11 Å². The molecule has 0 fully saturated rings. The Morgan fingerprint density at radius 2 is 1.91 bits per heavy atom. The van der Waals surface area contributed by atoms with Gasteiger partial charge in [0, 0.05) is 14.1 Å². The molecule has 0 aliphatic heterocycles. The normalized spacial score (nSPS) is 17.4. The third-order valence-electron chi connectivity index (χ3n) is 1.72. The summed E-state index contributed by atoms with van der Waals surface area (Å²) < 4.78 is 0. The van der Waals surface area contributed by atoms with Crippen LogP contribution in [0.4, 0.5) is 0 Å². The fourth-order valence-electron chi connectivity index (χ4n) is 0.381. The van der Waals surface area contributed by atoms with Crippen molar-refractivity contribution in [3.8, 4) is 0 Å². The molecule has 0 radical (unpaired) electrons. The molecule has 0 aromatic carbocycles. The quantitative estimate of drug-likeness (QED) is 0.380. The molecule has 0 saturated heterocycles. The summed E-state index contributed by atoms with van der Waals surface area (Å²) in [4.78, 5) is 0. The summed E-state index contributed by atoms with van der Waals surface area (Å²) >= 11 is 0. The Labute approximate surface area is 70.3 Å². The standard InChI is InChI=1S/C7H18N2OSi/c1-7(10,11(4)5)6-8-9(2)3/h6,10-11H,1-5H3. The van der Waals surface area contributed by atoms with Crippen LogP contribution in [0.15, 0.2) is 5.10 Å². The lowest BCUT2D eigenvalue weighted by molar-refractivity contribution is 0.214. The summed E-state index contributed by atoms with van der Waals surface area (Å²) in [5.74, 6) is 0. The van der Waals surface area contributed by atoms with Crippen molar-refractivity contribution in [2.24, 2.45) is 5.10 Å². The van der Waals surface area contributed by atoms with Crippen LogP contribution in [0.1, 0.15) is 6.92 Å². The highest BCUT2D eigenvalue weighted by Gasteiger charge is 2.23. The van der Waals surface area contributed by atoms with Crippen LogP contribution in [0.5, 0.6) is 0 Å². The first-order chi connectivity index (χ1) is 4.86. The summed E-state index contributed by atoms with van der Waals surface area (Å²) in [6, 6.07) is 0. The highest BCUT2D eigenvalue weighted by Crippen LogP contribution is 2.04. The van der Waals surface area contributed by atoms with E-state index in [4.69, 9.17) is 0 Å². The molecule has 0 heterocycles. The number of hydrogen-bond acceptors (Lipinski definition) is 3. The van der Waals surface area contributed by atoms with Gasteiger partial charge in [0.2, 0.25) is 0 Å². The van der Waals surface area contributed by atoms with E-state index in [2.05, 4.69) is 18.2 Å². The number of hydrogen-bond donors (Lipinski definition) is 1. The molecular weight excluding hydrogens is 156 g/mol. The lowest BCUT2D eigenvalue weighted by atomic mass is 10.4. The van der Waals surface area contributed by atoms with E-state index in [1.165, 1.54) is 0 Å². The van der Waals surface area contributed by atoms with E-state index in [0.29, 0.717) is 0 Å². The summed E-state index contributed by atoms with van der Waals surface area (Å²) in [6.45, 7) is 6.01. The van der Waals surface area contributed by atoms with Gasteiger partial charge in [-0.25, -0.2) is 0 Å². The number of aliphatic hydroxyl groups is 1. The van der Waals surface area contributed by atoms with E-state index in [1.54, 1.807) is 11.2 Å². The van der Waals surface area contributed by atoms with Crippen LogP contribution in [0, 0.1) is 0 Å². The molecule has 0 saturated carbocycles. The molecule has 1 atom stereocenters. The van der Waals surface area contributed by atoms with Gasteiger partial charge >= 0.3 is 0 Å². The van der Waals surface area contributed by atoms with Crippen molar-refractivity contribution in [2.45, 2.75) is 25.2 Å². The van der Waals surface area contributed by atoms with Gasteiger partial charge in [-0.05, 0) is 6.92 Å². The Morgan fingerprint density at radius 3 is 2.18 bits per heavy atom. The molecule has 4 heteroatoms. The Bertz CT molecular complexity index is 143. The van der Waals surface area contributed by atoms with E-state index >= 15 is 0 Å². The summed E-state index contributed by atoms with van der Waals surface area (Å²) in [7, 11) is 2.62. The first kappa shape index (κ1) is 10.6. The Kier molecular flexibility index (Phi) is 3.75. The van der Waals surface area contributed by atoms with Crippen LogP contribution >= 0.6 is 0 Å². The first-order valence-electron chi connectivity index (χ1n) is 3.81. The summed E-state index contributed by atoms with van der Waals surface area (Å²) in [6.07, 6.45) is 1.63. The van der Waals surface area contributed by atoms with Gasteiger partial charge in [-0.15, -0.1) is 0 Å². The second-order valence-corrected chi connectivity index (χ2v) is 6.95. The molecular formula is C7H18N2OSi. The van der Waals surface area contributed by atoms with Gasteiger partial charge in [-0.3, -0.25) is 0 Å². The molecule has 0 spiro atoms. The Hall–Kier alpha value is -0.353. The summed E-state index contributed by atoms with van der Waals surface area (Å²) in [5.41, 5.74) is 0. The van der Waals surface area contributed by atoms with Crippen LogP contribution in [0.3, 0.4) is 0 Å². The average molecular weight is 174 g/mol. The predicted octanol–water partition coefficient (Wildman–Crippen LogP) is 0.311. The lowest BCUT2D eigenvalue weighted by Crippen LogP contribution is -2.40. The van der Waals surface area contributed by atoms with Crippen LogP contribution in [-0.4, -0.2) is 44.4 Å². The molecule has 0 rings (SSSR count). The molecule has 0 aliphatic rings. The number of hydrazone groups is 1. The maximum absolute atomic E-state index is 9.73. The van der Waals surface area contributed by atoms with Gasteiger partial charge in [-0.1, -0.05) is 13.1 Å². The van der Waals surface area contributed by atoms with E-state index in [0.717, 1.165) is 0 Å². The third-order valence-corrected chi connectivity index (χ3v) is 4.21. The van der Waals surface area contributed by atoms with Gasteiger partial charge in [0.05, 0.1) is 20.2 Å². The molecule has 3 nitrogen and oxygen atoms in total. The SMILES string of the molecule is CN(C)N=CC(C)(O)[SiH](C)C. The topological polar surface area (TPSA) is 35.8 Å². The van der Waals surface area contributed by atoms with Crippen molar-refractivity contribution >= 4 is 15.0 Å². The monoisotopic (exact) mass is 174 g/mol. The van der Waals surface area contributed by atoms with Gasteiger partial charge in [0.1, 0.15) is 0 Å². The van der Waals surface area contributed by atoms with E-state index < -0.39 is 14.0 Å². The van der Waals surface area contributed by atoms with Crippen molar-refractivity contribution in [1.29, 1.82) is 0 Å². The van der Waals surface area contributed by atoms with Crippen LogP contribution < -0.4 is 0 Å². The molecule has 1 N–H and O–H groups in total. The zero-order chi connectivity index (χ0) is 9.07. The first-order valence-corrected chi connectivity index (χ1v) is 6.70. The second kappa shape index (κ2) is 3.87. The minimum atomic E-state index is -1.06. The third kappa shape index (κ3) is 4.16. The number of rotatable bonds is 3. The minimum Gasteiger partial charge on any atom is -0.388 e.